The molecule has 0 bridgehead atoms. The predicted octanol–water partition coefficient (Wildman–Crippen LogP) is -0.208. The van der Waals surface area contributed by atoms with Crippen molar-refractivity contribution in [2.24, 2.45) is 5.73 Å². The molecule has 1 rings (SSSR count). The van der Waals surface area contributed by atoms with E-state index in [2.05, 4.69) is 4.90 Å². The normalized spacial score (nSPS) is 28.4. The van der Waals surface area contributed by atoms with Crippen LogP contribution in [0.4, 0.5) is 0 Å². The van der Waals surface area contributed by atoms with Crippen molar-refractivity contribution in [3.05, 3.63) is 0 Å². The van der Waals surface area contributed by atoms with Gasteiger partial charge in [-0.05, 0) is 19.4 Å². The molecule has 1 fully saturated rings. The Morgan fingerprint density at radius 2 is 2.27 bits per heavy atom. The van der Waals surface area contributed by atoms with Crippen LogP contribution in [-0.4, -0.2) is 42.3 Å². The fourth-order valence-corrected chi connectivity index (χ4v) is 1.60. The van der Waals surface area contributed by atoms with Gasteiger partial charge in [-0.2, -0.15) is 0 Å². The lowest BCUT2D eigenvalue weighted by Gasteiger charge is -2.20. The zero-order valence-electron chi connectivity index (χ0n) is 7.00. The highest BCUT2D eigenvalue weighted by Gasteiger charge is 2.13. The van der Waals surface area contributed by atoms with Crippen LogP contribution in [0.3, 0.4) is 0 Å². The molecule has 0 saturated carbocycles. The largest absolute Gasteiger partial charge is 0.395 e. The van der Waals surface area contributed by atoms with Crippen molar-refractivity contribution in [3.8, 4) is 0 Å². The van der Waals surface area contributed by atoms with E-state index in [9.17, 15) is 0 Å². The molecule has 3 heteroatoms. The number of hydrogen-bond donors (Lipinski definition) is 2. The van der Waals surface area contributed by atoms with Gasteiger partial charge in [0.2, 0.25) is 0 Å². The minimum atomic E-state index is 0.257. The molecule has 0 aliphatic carbocycles. The van der Waals surface area contributed by atoms with Gasteiger partial charge in [0.15, 0.2) is 0 Å². The molecule has 0 aromatic heterocycles. The molecule has 3 N–H and O–H groups in total. The summed E-state index contributed by atoms with van der Waals surface area (Å²) >= 11 is 0. The molecular formula is C8H18N2O. The van der Waals surface area contributed by atoms with Gasteiger partial charge in [0, 0.05) is 19.1 Å². The molecule has 1 aliphatic rings. The number of β-amino-alcohol motifs (C(OH)–C–C–N with tert-alkyl or cyclic N) is 1. The van der Waals surface area contributed by atoms with E-state index in [1.807, 2.05) is 0 Å². The maximum absolute atomic E-state index is 8.71. The second-order valence-corrected chi connectivity index (χ2v) is 3.28. The molecule has 0 spiro atoms. The lowest BCUT2D eigenvalue weighted by Crippen LogP contribution is -2.37. The average Bonchev–Trinajstić information content (AvgIpc) is 2.15. The van der Waals surface area contributed by atoms with Gasteiger partial charge in [0.05, 0.1) is 6.61 Å². The lowest BCUT2D eigenvalue weighted by molar-refractivity contribution is 0.195. The Balaban J connectivity index is 2.27. The number of aliphatic hydroxyl groups excluding tert-OH is 1. The quantitative estimate of drug-likeness (QED) is 0.585. The van der Waals surface area contributed by atoms with Crippen LogP contribution in [-0.2, 0) is 0 Å². The van der Waals surface area contributed by atoms with Gasteiger partial charge in [-0.25, -0.2) is 0 Å². The maximum Gasteiger partial charge on any atom is 0.0558 e. The van der Waals surface area contributed by atoms with Crippen LogP contribution in [0.15, 0.2) is 0 Å². The molecule has 0 aromatic carbocycles. The van der Waals surface area contributed by atoms with Crippen LogP contribution < -0.4 is 5.73 Å². The van der Waals surface area contributed by atoms with Crippen molar-refractivity contribution in [2.75, 3.05) is 26.2 Å². The molecule has 3 nitrogen and oxygen atoms in total. The molecule has 0 amide bonds. The fourth-order valence-electron chi connectivity index (χ4n) is 1.60. The van der Waals surface area contributed by atoms with E-state index in [1.54, 1.807) is 0 Å². The van der Waals surface area contributed by atoms with Gasteiger partial charge >= 0.3 is 0 Å². The van der Waals surface area contributed by atoms with Crippen molar-refractivity contribution in [1.29, 1.82) is 0 Å². The molecule has 1 saturated heterocycles. The molecule has 0 aromatic rings. The molecule has 1 aliphatic heterocycles. The number of likely N-dealkylation sites (tertiary alicyclic amines) is 1. The van der Waals surface area contributed by atoms with Gasteiger partial charge in [-0.3, -0.25) is 4.90 Å². The summed E-state index contributed by atoms with van der Waals surface area (Å²) in [4.78, 5) is 2.25. The van der Waals surface area contributed by atoms with Crippen LogP contribution in [0.5, 0.6) is 0 Å². The summed E-state index contributed by atoms with van der Waals surface area (Å²) in [5, 5.41) is 8.71. The first-order valence-electron chi connectivity index (χ1n) is 4.41. The Kier molecular flexibility index (Phi) is 3.83. The molecule has 0 radical (unpaired) electrons. The molecular weight excluding hydrogens is 140 g/mol. The van der Waals surface area contributed by atoms with Crippen molar-refractivity contribution in [1.82, 2.24) is 4.90 Å². The Morgan fingerprint density at radius 3 is 3.00 bits per heavy atom. The third-order valence-corrected chi connectivity index (χ3v) is 2.21. The van der Waals surface area contributed by atoms with Gasteiger partial charge in [0.1, 0.15) is 0 Å². The van der Waals surface area contributed by atoms with Gasteiger partial charge in [-0.1, -0.05) is 6.42 Å². The van der Waals surface area contributed by atoms with E-state index in [4.69, 9.17) is 10.8 Å². The number of aliphatic hydroxyl groups is 1. The summed E-state index contributed by atoms with van der Waals surface area (Å²) in [7, 11) is 0. The van der Waals surface area contributed by atoms with E-state index in [0.717, 1.165) is 26.1 Å². The molecule has 1 heterocycles. The minimum absolute atomic E-state index is 0.257. The Morgan fingerprint density at radius 1 is 1.45 bits per heavy atom. The standard InChI is InChI=1S/C8H18N2O/c9-8-3-1-2-4-10(7-8)5-6-11/h8,11H,1-7,9H2. The number of nitrogens with zero attached hydrogens (tertiary/aromatic N) is 1. The van der Waals surface area contributed by atoms with E-state index >= 15 is 0 Å². The summed E-state index contributed by atoms with van der Waals surface area (Å²) in [6.07, 6.45) is 3.61. The van der Waals surface area contributed by atoms with E-state index in [1.165, 1.54) is 12.8 Å². The minimum Gasteiger partial charge on any atom is -0.395 e. The monoisotopic (exact) mass is 158 g/mol. The number of hydrogen-bond acceptors (Lipinski definition) is 3. The first-order chi connectivity index (χ1) is 5.33. The Hall–Kier alpha value is -0.120. The summed E-state index contributed by atoms with van der Waals surface area (Å²) < 4.78 is 0. The first kappa shape index (κ1) is 8.97. The molecule has 1 atom stereocenters. The van der Waals surface area contributed by atoms with Crippen molar-refractivity contribution < 1.29 is 5.11 Å². The highest BCUT2D eigenvalue weighted by atomic mass is 16.3. The SMILES string of the molecule is NC1CCCCN(CCO)C1. The van der Waals surface area contributed by atoms with Gasteiger partial charge in [-0.15, -0.1) is 0 Å². The van der Waals surface area contributed by atoms with Crippen molar-refractivity contribution in [2.45, 2.75) is 25.3 Å². The lowest BCUT2D eigenvalue weighted by atomic mass is 10.2. The summed E-state index contributed by atoms with van der Waals surface area (Å²) in [6, 6.07) is 0.323. The topological polar surface area (TPSA) is 49.5 Å². The van der Waals surface area contributed by atoms with Crippen LogP contribution in [0, 0.1) is 0 Å². The van der Waals surface area contributed by atoms with Crippen molar-refractivity contribution in [3.63, 3.8) is 0 Å². The second-order valence-electron chi connectivity index (χ2n) is 3.28. The number of nitrogens with two attached hydrogens (primary N) is 1. The first-order valence-corrected chi connectivity index (χ1v) is 4.41. The smallest absolute Gasteiger partial charge is 0.0558 e. The zero-order valence-corrected chi connectivity index (χ0v) is 7.00. The predicted molar refractivity (Wildman–Crippen MR) is 45.4 cm³/mol. The van der Waals surface area contributed by atoms with Crippen LogP contribution in [0.25, 0.3) is 0 Å². The van der Waals surface area contributed by atoms with Crippen LogP contribution in [0.1, 0.15) is 19.3 Å². The van der Waals surface area contributed by atoms with Gasteiger partial charge < -0.3 is 10.8 Å². The summed E-state index contributed by atoms with van der Waals surface area (Å²) in [5.74, 6) is 0. The highest BCUT2D eigenvalue weighted by Crippen LogP contribution is 2.08. The highest BCUT2D eigenvalue weighted by molar-refractivity contribution is 4.72. The van der Waals surface area contributed by atoms with E-state index < -0.39 is 0 Å². The summed E-state index contributed by atoms with van der Waals surface area (Å²) in [6.45, 7) is 3.11. The Bertz CT molecular complexity index is 108. The van der Waals surface area contributed by atoms with E-state index in [0.29, 0.717) is 6.04 Å². The van der Waals surface area contributed by atoms with Crippen LogP contribution in [0.2, 0.25) is 0 Å². The second kappa shape index (κ2) is 4.70. The third-order valence-electron chi connectivity index (χ3n) is 2.21. The molecule has 11 heavy (non-hydrogen) atoms. The van der Waals surface area contributed by atoms with Crippen molar-refractivity contribution >= 4 is 0 Å². The average molecular weight is 158 g/mol. The molecule has 1 unspecified atom stereocenters. The maximum atomic E-state index is 8.71. The van der Waals surface area contributed by atoms with Crippen LogP contribution >= 0.6 is 0 Å². The number of rotatable bonds is 2. The third kappa shape index (κ3) is 3.18. The van der Waals surface area contributed by atoms with E-state index in [-0.39, 0.29) is 6.61 Å². The Labute approximate surface area is 68.2 Å². The van der Waals surface area contributed by atoms with Gasteiger partial charge in [0.25, 0.3) is 0 Å². The zero-order chi connectivity index (χ0) is 8.10. The molecule has 66 valence electrons. The fraction of sp³-hybridized carbons (Fsp3) is 1.00. The summed E-state index contributed by atoms with van der Waals surface area (Å²) in [5.41, 5.74) is 5.83.